The van der Waals surface area contributed by atoms with Gasteiger partial charge in [0.1, 0.15) is 6.11 Å². The van der Waals surface area contributed by atoms with Gasteiger partial charge in [-0.15, -0.1) is 0 Å². The van der Waals surface area contributed by atoms with Gasteiger partial charge in [-0.2, -0.15) is 0 Å². The summed E-state index contributed by atoms with van der Waals surface area (Å²) < 4.78 is 0. The third-order valence-corrected chi connectivity index (χ3v) is 0.0645. The molecule has 0 aromatic rings. The molecule has 0 aliphatic carbocycles. The molecule has 3 N–H and O–H groups in total. The summed E-state index contributed by atoms with van der Waals surface area (Å²) in [6.45, 7) is 0. The lowest BCUT2D eigenvalue weighted by Crippen LogP contribution is -1.73. The largest absolute Gasteiger partial charge is 0.461 e. The van der Waals surface area contributed by atoms with Crippen molar-refractivity contribution in [3.05, 3.63) is 0 Å². The Balaban J connectivity index is 2.83. The molecule has 4 heavy (non-hydrogen) atoms. The van der Waals surface area contributed by atoms with E-state index in [0.717, 1.165) is 0 Å². The summed E-state index contributed by atoms with van der Waals surface area (Å²) in [5.41, 5.74) is 4.42. The van der Waals surface area contributed by atoms with E-state index in [1.807, 2.05) is 0 Å². The van der Waals surface area contributed by atoms with E-state index in [0.29, 0.717) is 0 Å². The molecule has 0 bridgehead atoms. The van der Waals surface area contributed by atoms with Crippen LogP contribution in [0.1, 0.15) is 0 Å². The highest BCUT2D eigenvalue weighted by atomic mass is 16.2. The minimum Gasteiger partial charge on any atom is -0.461 e. The topological polar surface area (TPSA) is 46.2 Å². The Morgan fingerprint density at radius 3 is 2.00 bits per heavy atom. The molecule has 0 fully saturated rings. The molecule has 22 valence electrons. The van der Waals surface area contributed by atoms with Gasteiger partial charge >= 0.3 is 0 Å². The lowest BCUT2D eigenvalue weighted by Gasteiger charge is -1.45. The average molecular weight is 57.1 g/mol. The van der Waals surface area contributed by atoms with E-state index in [1.165, 1.54) is 6.11 Å². The Hall–Kier alpha value is -0.840. The van der Waals surface area contributed by atoms with E-state index < -0.39 is 0 Å². The minimum atomic E-state index is 1.46. The van der Waals surface area contributed by atoms with E-state index in [2.05, 4.69) is 5.73 Å². The summed E-state index contributed by atoms with van der Waals surface area (Å²) in [4.78, 5) is 0. The van der Waals surface area contributed by atoms with E-state index in [-0.39, 0.29) is 0 Å². The van der Waals surface area contributed by atoms with Crippen LogP contribution in [0.3, 0.4) is 0 Å². The number of rotatable bonds is 0. The van der Waals surface area contributed by atoms with Gasteiger partial charge in [0.2, 0.25) is 0 Å². The number of nitrogens with two attached hydrogens (primary N) is 1. The second kappa shape index (κ2) is 2.16. The van der Waals surface area contributed by atoms with Crippen molar-refractivity contribution in [2.24, 2.45) is 5.73 Å². The van der Waals surface area contributed by atoms with Crippen LogP contribution in [-0.2, 0) is 0 Å². The summed E-state index contributed by atoms with van der Waals surface area (Å²) >= 11 is 0. The summed E-state index contributed by atoms with van der Waals surface area (Å²) in [6.07, 6.45) is 1.46. The van der Waals surface area contributed by atoms with Crippen LogP contribution < -0.4 is 5.73 Å². The predicted molar refractivity (Wildman–Crippen MR) is 13.9 cm³/mol. The zero-order valence-corrected chi connectivity index (χ0v) is 2.02. The maximum atomic E-state index is 7.39. The molecule has 0 rings (SSSR count). The van der Waals surface area contributed by atoms with Gasteiger partial charge in [0.15, 0.2) is 0 Å². The smallest absolute Gasteiger partial charge is 0.130 e. The Bertz CT molecular complexity index is 42.8. The molecule has 0 aliphatic heterocycles. The molecule has 0 aliphatic rings. The van der Waals surface area contributed by atoms with Crippen LogP contribution in [-0.4, -0.2) is 5.11 Å². The first-order chi connectivity index (χ1) is 1.91. The normalized spacial score (nSPS) is 3.00. The Labute approximate surface area is 24.2 Å². The minimum absolute atomic E-state index is 1.46. The standard InChI is InChI=1S/C2H3NO/c3-1-2-4/h4H,3H2. The van der Waals surface area contributed by atoms with Crippen LogP contribution in [0, 0.1) is 12.2 Å². The highest BCUT2D eigenvalue weighted by Crippen LogP contribution is 1.16. The van der Waals surface area contributed by atoms with Crippen molar-refractivity contribution in [3.63, 3.8) is 0 Å². The fourth-order valence-corrected chi connectivity index (χ4v) is 0. The highest BCUT2D eigenvalue weighted by Gasteiger charge is 1.27. The summed E-state index contributed by atoms with van der Waals surface area (Å²) in [7, 11) is 0. The second-order valence-electron chi connectivity index (χ2n) is 0.256. The van der Waals surface area contributed by atoms with E-state index in [1.54, 1.807) is 6.04 Å². The molecule has 0 saturated heterocycles. The molecule has 2 heteroatoms. The van der Waals surface area contributed by atoms with Crippen molar-refractivity contribution in [3.8, 4) is 12.2 Å². The lowest BCUT2D eigenvalue weighted by atomic mass is 11.2. The van der Waals surface area contributed by atoms with Crippen LogP contribution in [0.2, 0.25) is 0 Å². The number of hydrogen-bond acceptors (Lipinski definition) is 2. The molecule has 0 aromatic heterocycles. The van der Waals surface area contributed by atoms with Gasteiger partial charge in [0.05, 0.1) is 0 Å². The summed E-state index contributed by atoms with van der Waals surface area (Å²) in [5.74, 6) is 0. The number of aliphatic hydroxyl groups is 1. The van der Waals surface area contributed by atoms with E-state index >= 15 is 0 Å². The van der Waals surface area contributed by atoms with Crippen molar-refractivity contribution in [1.29, 1.82) is 0 Å². The van der Waals surface area contributed by atoms with Crippen LogP contribution in [0.15, 0.2) is 0 Å². The molecule has 2 nitrogen and oxygen atoms in total. The van der Waals surface area contributed by atoms with Gasteiger partial charge in [-0.3, -0.25) is 0 Å². The molecule has 0 radical (unpaired) electrons. The van der Waals surface area contributed by atoms with E-state index in [9.17, 15) is 0 Å². The third kappa shape index (κ3) is 1.16. The van der Waals surface area contributed by atoms with Crippen LogP contribution in [0.25, 0.3) is 0 Å². The van der Waals surface area contributed by atoms with Gasteiger partial charge in [-0.25, -0.2) is 0 Å². The first-order valence-corrected chi connectivity index (χ1v) is 0.762. The summed E-state index contributed by atoms with van der Waals surface area (Å²) in [6, 6.07) is 1.74. The van der Waals surface area contributed by atoms with Crippen molar-refractivity contribution in [2.75, 3.05) is 0 Å². The highest BCUT2D eigenvalue weighted by molar-refractivity contribution is 4.79. The molecular formula is C2H3NO. The molecule has 0 heterocycles. The summed E-state index contributed by atoms with van der Waals surface area (Å²) in [5, 5.41) is 7.39. The maximum Gasteiger partial charge on any atom is 0.130 e. The van der Waals surface area contributed by atoms with Crippen molar-refractivity contribution >= 4 is 0 Å². The fraction of sp³-hybridized carbons (Fsp3) is 0. The molecule has 0 aromatic carbocycles. The zero-order valence-electron chi connectivity index (χ0n) is 2.02. The van der Waals surface area contributed by atoms with Gasteiger partial charge in [-0.1, -0.05) is 0 Å². The van der Waals surface area contributed by atoms with Gasteiger partial charge in [0, 0.05) is 6.04 Å². The first-order valence-electron chi connectivity index (χ1n) is 0.762. The molecule has 0 atom stereocenters. The van der Waals surface area contributed by atoms with Crippen molar-refractivity contribution in [1.82, 2.24) is 0 Å². The Morgan fingerprint density at radius 1 is 1.75 bits per heavy atom. The number of aliphatic hydroxyl groups excluding tert-OH is 1. The lowest BCUT2D eigenvalue weighted by molar-refractivity contribution is 0.516. The van der Waals surface area contributed by atoms with Gasteiger partial charge < -0.3 is 10.8 Å². The monoisotopic (exact) mass is 57.0 g/mol. The fourth-order valence-electron chi connectivity index (χ4n) is 0. The van der Waals surface area contributed by atoms with Gasteiger partial charge in [-0.05, 0) is 0 Å². The number of hydrogen-bond donors (Lipinski definition) is 2. The van der Waals surface area contributed by atoms with Gasteiger partial charge in [0.25, 0.3) is 0 Å². The molecular weight excluding hydrogens is 54.0 g/mol. The van der Waals surface area contributed by atoms with Crippen LogP contribution in [0.5, 0.6) is 0 Å². The maximum absolute atomic E-state index is 7.39. The molecule has 0 amide bonds. The predicted octanol–water partition coefficient (Wildman–Crippen LogP) is -0.764. The zero-order chi connectivity index (χ0) is 3.41. The van der Waals surface area contributed by atoms with E-state index in [4.69, 9.17) is 5.11 Å². The van der Waals surface area contributed by atoms with Crippen molar-refractivity contribution < 1.29 is 5.11 Å². The van der Waals surface area contributed by atoms with Crippen LogP contribution in [0.4, 0.5) is 0 Å². The second-order valence-corrected chi connectivity index (χ2v) is 0.256. The Morgan fingerprint density at radius 2 is 2.00 bits per heavy atom. The molecule has 0 saturated carbocycles. The molecule has 0 unspecified atom stereocenters. The quantitative estimate of drug-likeness (QED) is 0.283. The first kappa shape index (κ1) is 3.16. The Kier molecular flexibility index (Phi) is 1.71. The SMILES string of the molecule is NC#CO. The van der Waals surface area contributed by atoms with Crippen molar-refractivity contribution in [2.45, 2.75) is 0 Å². The third-order valence-electron chi connectivity index (χ3n) is 0.0645. The molecule has 0 spiro atoms. The van der Waals surface area contributed by atoms with Crippen LogP contribution >= 0.6 is 0 Å². The average Bonchev–Trinajstić information content (AvgIpc) is 1.37.